The molecule has 1 atom stereocenters. The number of hydrogen-bond donors (Lipinski definition) is 1. The zero-order valence-corrected chi connectivity index (χ0v) is 13.4. The molecular formula is C16H22N6O. The molecule has 2 aromatic heterocycles. The maximum absolute atomic E-state index is 11.2. The van der Waals surface area contributed by atoms with E-state index in [1.807, 2.05) is 11.7 Å². The quantitative estimate of drug-likeness (QED) is 0.898. The summed E-state index contributed by atoms with van der Waals surface area (Å²) in [5.74, 6) is -0.420. The van der Waals surface area contributed by atoms with Crippen LogP contribution in [0.15, 0.2) is 12.4 Å². The third-order valence-electron chi connectivity index (χ3n) is 5.08. The van der Waals surface area contributed by atoms with Gasteiger partial charge in [0.15, 0.2) is 0 Å². The summed E-state index contributed by atoms with van der Waals surface area (Å²) in [7, 11) is 2.05. The lowest BCUT2D eigenvalue weighted by atomic mass is 10.2. The van der Waals surface area contributed by atoms with Crippen LogP contribution in [-0.4, -0.2) is 43.5 Å². The van der Waals surface area contributed by atoms with Crippen molar-refractivity contribution < 1.29 is 4.79 Å². The standard InChI is InChI=1S/C16H22N6O/c1-20-15(13-3-2-4-14(13)19-20)10-21-6-5-12(9-21)22-8-11(7-18-22)16(17)23/h7-8,12H,2-6,9-10H2,1H3,(H2,17,23). The molecule has 7 heteroatoms. The van der Waals surface area contributed by atoms with Gasteiger partial charge in [-0.3, -0.25) is 19.1 Å². The van der Waals surface area contributed by atoms with Crippen molar-refractivity contribution in [2.75, 3.05) is 13.1 Å². The average Bonchev–Trinajstić information content (AvgIpc) is 3.25. The molecule has 4 rings (SSSR count). The Morgan fingerprint density at radius 3 is 3.09 bits per heavy atom. The van der Waals surface area contributed by atoms with E-state index in [4.69, 9.17) is 5.73 Å². The summed E-state index contributed by atoms with van der Waals surface area (Å²) in [6.45, 7) is 2.93. The highest BCUT2D eigenvalue weighted by Gasteiger charge is 2.28. The largest absolute Gasteiger partial charge is 0.366 e. The second kappa shape index (κ2) is 5.49. The van der Waals surface area contributed by atoms with Crippen molar-refractivity contribution in [3.63, 3.8) is 0 Å². The molecule has 23 heavy (non-hydrogen) atoms. The summed E-state index contributed by atoms with van der Waals surface area (Å²) >= 11 is 0. The number of amides is 1. The molecule has 1 aliphatic carbocycles. The maximum Gasteiger partial charge on any atom is 0.251 e. The van der Waals surface area contributed by atoms with Gasteiger partial charge >= 0.3 is 0 Å². The smallest absolute Gasteiger partial charge is 0.251 e. The lowest BCUT2D eigenvalue weighted by Gasteiger charge is -2.17. The summed E-state index contributed by atoms with van der Waals surface area (Å²) in [6, 6.07) is 0.310. The van der Waals surface area contributed by atoms with Gasteiger partial charge in [0.2, 0.25) is 0 Å². The van der Waals surface area contributed by atoms with E-state index in [2.05, 4.69) is 19.8 Å². The fraction of sp³-hybridized carbons (Fsp3) is 0.562. The Labute approximate surface area is 135 Å². The van der Waals surface area contributed by atoms with Crippen LogP contribution in [-0.2, 0) is 26.4 Å². The van der Waals surface area contributed by atoms with Crippen LogP contribution in [0, 0.1) is 0 Å². The summed E-state index contributed by atoms with van der Waals surface area (Å²) in [6.07, 6.45) is 7.88. The van der Waals surface area contributed by atoms with Gasteiger partial charge in [-0.1, -0.05) is 0 Å². The molecule has 2 aliphatic rings. The van der Waals surface area contributed by atoms with Crippen LogP contribution < -0.4 is 5.73 Å². The van der Waals surface area contributed by atoms with Gasteiger partial charge in [-0.2, -0.15) is 10.2 Å². The minimum absolute atomic E-state index is 0.310. The predicted molar refractivity (Wildman–Crippen MR) is 84.9 cm³/mol. The van der Waals surface area contributed by atoms with Crippen molar-refractivity contribution in [3.05, 3.63) is 34.9 Å². The second-order valence-corrected chi connectivity index (χ2v) is 6.60. The minimum atomic E-state index is -0.420. The third-order valence-corrected chi connectivity index (χ3v) is 5.08. The van der Waals surface area contributed by atoms with Crippen LogP contribution in [0.1, 0.15) is 46.2 Å². The third kappa shape index (κ3) is 2.55. The van der Waals surface area contributed by atoms with E-state index in [9.17, 15) is 4.79 Å². The number of nitrogens with zero attached hydrogens (tertiary/aromatic N) is 5. The molecule has 1 amide bonds. The van der Waals surface area contributed by atoms with Crippen LogP contribution in [0.4, 0.5) is 0 Å². The first-order chi connectivity index (χ1) is 11.1. The Morgan fingerprint density at radius 1 is 1.43 bits per heavy atom. The summed E-state index contributed by atoms with van der Waals surface area (Å²) < 4.78 is 3.93. The second-order valence-electron chi connectivity index (χ2n) is 6.60. The highest BCUT2D eigenvalue weighted by Crippen LogP contribution is 2.28. The minimum Gasteiger partial charge on any atom is -0.366 e. The van der Waals surface area contributed by atoms with Crippen LogP contribution in [0.25, 0.3) is 0 Å². The molecule has 2 N–H and O–H groups in total. The van der Waals surface area contributed by atoms with Gasteiger partial charge in [-0.05, 0) is 31.2 Å². The number of primary amides is 1. The van der Waals surface area contributed by atoms with Crippen molar-refractivity contribution in [1.82, 2.24) is 24.5 Å². The van der Waals surface area contributed by atoms with E-state index in [1.54, 1.807) is 12.4 Å². The molecule has 1 fully saturated rings. The monoisotopic (exact) mass is 314 g/mol. The van der Waals surface area contributed by atoms with Gasteiger partial charge in [0.1, 0.15) is 0 Å². The van der Waals surface area contributed by atoms with Crippen LogP contribution in [0.5, 0.6) is 0 Å². The van der Waals surface area contributed by atoms with E-state index >= 15 is 0 Å². The Hall–Kier alpha value is -2.15. The molecule has 1 unspecified atom stereocenters. The van der Waals surface area contributed by atoms with Crippen molar-refractivity contribution in [1.29, 1.82) is 0 Å². The number of rotatable bonds is 4. The zero-order chi connectivity index (χ0) is 16.0. The molecule has 3 heterocycles. The number of fused-ring (bicyclic) bond motifs is 1. The number of carbonyl (C=O) groups excluding carboxylic acids is 1. The Kier molecular flexibility index (Phi) is 3.45. The fourth-order valence-corrected chi connectivity index (χ4v) is 3.83. The molecule has 2 aromatic rings. The highest BCUT2D eigenvalue weighted by atomic mass is 16.1. The summed E-state index contributed by atoms with van der Waals surface area (Å²) in [5.41, 5.74) is 9.89. The number of likely N-dealkylation sites (tertiary alicyclic amines) is 1. The van der Waals surface area contributed by atoms with Crippen molar-refractivity contribution in [3.8, 4) is 0 Å². The van der Waals surface area contributed by atoms with Gasteiger partial charge in [0.25, 0.3) is 5.91 Å². The van der Waals surface area contributed by atoms with Gasteiger partial charge in [-0.25, -0.2) is 0 Å². The Balaban J connectivity index is 1.45. The zero-order valence-electron chi connectivity index (χ0n) is 13.4. The van der Waals surface area contributed by atoms with Gasteiger partial charge in [-0.15, -0.1) is 0 Å². The molecule has 1 saturated heterocycles. The summed E-state index contributed by atoms with van der Waals surface area (Å²) in [5, 5.41) is 8.95. The van der Waals surface area contributed by atoms with Gasteiger partial charge in [0.05, 0.1) is 29.2 Å². The molecule has 0 radical (unpaired) electrons. The number of nitrogens with two attached hydrogens (primary N) is 1. The summed E-state index contributed by atoms with van der Waals surface area (Å²) in [4.78, 5) is 13.6. The lowest BCUT2D eigenvalue weighted by Crippen LogP contribution is -2.23. The average molecular weight is 314 g/mol. The first kappa shape index (κ1) is 14.4. The first-order valence-corrected chi connectivity index (χ1v) is 8.22. The maximum atomic E-state index is 11.2. The lowest BCUT2D eigenvalue weighted by molar-refractivity contribution is 0.1000. The molecule has 0 saturated carbocycles. The van der Waals surface area contributed by atoms with E-state index < -0.39 is 5.91 Å². The topological polar surface area (TPSA) is 82.0 Å². The first-order valence-electron chi connectivity index (χ1n) is 8.22. The van der Waals surface area contributed by atoms with Gasteiger partial charge < -0.3 is 5.73 Å². The number of aromatic nitrogens is 4. The fourth-order valence-electron chi connectivity index (χ4n) is 3.83. The predicted octanol–water partition coefficient (Wildman–Crippen LogP) is 0.651. The Bertz CT molecular complexity index is 746. The Morgan fingerprint density at radius 2 is 2.30 bits per heavy atom. The SMILES string of the molecule is Cn1nc2c(c1CN1CCC(n3cc(C(N)=O)cn3)C1)CCC2. The van der Waals surface area contributed by atoms with Gasteiger partial charge in [0, 0.05) is 32.9 Å². The van der Waals surface area contributed by atoms with Crippen LogP contribution in [0.3, 0.4) is 0 Å². The van der Waals surface area contributed by atoms with Crippen molar-refractivity contribution >= 4 is 5.91 Å². The van der Waals surface area contributed by atoms with Crippen molar-refractivity contribution in [2.24, 2.45) is 12.8 Å². The van der Waals surface area contributed by atoms with E-state index in [1.165, 1.54) is 23.4 Å². The number of aryl methyl sites for hydroxylation is 2. The van der Waals surface area contributed by atoms with Crippen LogP contribution >= 0.6 is 0 Å². The molecule has 0 bridgehead atoms. The molecule has 1 aliphatic heterocycles. The van der Waals surface area contributed by atoms with E-state index in [0.717, 1.165) is 38.9 Å². The molecule has 0 aromatic carbocycles. The molecule has 7 nitrogen and oxygen atoms in total. The molecular weight excluding hydrogens is 292 g/mol. The molecule has 0 spiro atoms. The van der Waals surface area contributed by atoms with E-state index in [0.29, 0.717) is 11.6 Å². The highest BCUT2D eigenvalue weighted by molar-refractivity contribution is 5.92. The number of carbonyl (C=O) groups is 1. The normalized spacial score (nSPS) is 21.0. The van der Waals surface area contributed by atoms with Crippen LogP contribution in [0.2, 0.25) is 0 Å². The number of hydrogen-bond acceptors (Lipinski definition) is 4. The van der Waals surface area contributed by atoms with E-state index in [-0.39, 0.29) is 0 Å². The molecule has 122 valence electrons. The van der Waals surface area contributed by atoms with Crippen molar-refractivity contribution in [2.45, 2.75) is 38.3 Å².